The van der Waals surface area contributed by atoms with E-state index in [2.05, 4.69) is 20.0 Å². The largest absolute Gasteiger partial charge is 0.504 e. The van der Waals surface area contributed by atoms with Crippen molar-refractivity contribution < 1.29 is 14.4 Å². The SMILES string of the molecule is COc1cc(CNCc2ncon2)ccc1O. The Kier molecular flexibility index (Phi) is 3.56. The number of benzene rings is 1. The number of hydrogen-bond acceptors (Lipinski definition) is 6. The summed E-state index contributed by atoms with van der Waals surface area (Å²) in [7, 11) is 1.52. The van der Waals surface area contributed by atoms with Crippen LogP contribution in [-0.4, -0.2) is 22.4 Å². The van der Waals surface area contributed by atoms with Crippen molar-refractivity contribution in [2.24, 2.45) is 0 Å². The number of phenolic OH excluding ortho intramolecular Hbond substituents is 1. The predicted molar refractivity (Wildman–Crippen MR) is 59.5 cm³/mol. The number of nitrogens with one attached hydrogen (secondary N) is 1. The molecule has 1 aromatic heterocycles. The van der Waals surface area contributed by atoms with Gasteiger partial charge < -0.3 is 19.7 Å². The Morgan fingerprint density at radius 1 is 1.41 bits per heavy atom. The minimum Gasteiger partial charge on any atom is -0.504 e. The molecule has 0 saturated heterocycles. The van der Waals surface area contributed by atoms with E-state index < -0.39 is 0 Å². The smallest absolute Gasteiger partial charge is 0.213 e. The Bertz CT molecular complexity index is 471. The number of aromatic hydroxyl groups is 1. The summed E-state index contributed by atoms with van der Waals surface area (Å²) in [6.45, 7) is 1.16. The molecule has 2 rings (SSSR count). The van der Waals surface area contributed by atoms with Gasteiger partial charge in [-0.2, -0.15) is 4.98 Å². The summed E-state index contributed by atoms with van der Waals surface area (Å²) in [5.41, 5.74) is 1.00. The van der Waals surface area contributed by atoms with E-state index in [9.17, 15) is 5.11 Å². The summed E-state index contributed by atoms with van der Waals surface area (Å²) in [6, 6.07) is 5.20. The van der Waals surface area contributed by atoms with Crippen molar-refractivity contribution in [3.63, 3.8) is 0 Å². The number of phenols is 1. The highest BCUT2D eigenvalue weighted by molar-refractivity contribution is 5.41. The summed E-state index contributed by atoms with van der Waals surface area (Å²) in [6.07, 6.45) is 1.29. The molecular weight excluding hydrogens is 222 g/mol. The van der Waals surface area contributed by atoms with Crippen LogP contribution < -0.4 is 10.1 Å². The topological polar surface area (TPSA) is 80.4 Å². The molecule has 90 valence electrons. The summed E-state index contributed by atoms with van der Waals surface area (Å²) in [5.74, 6) is 1.20. The zero-order valence-corrected chi connectivity index (χ0v) is 9.38. The second kappa shape index (κ2) is 5.31. The number of rotatable bonds is 5. The first-order chi connectivity index (χ1) is 8.29. The number of hydrogen-bond donors (Lipinski definition) is 2. The Morgan fingerprint density at radius 3 is 3.00 bits per heavy atom. The fourth-order valence-corrected chi connectivity index (χ4v) is 1.42. The lowest BCUT2D eigenvalue weighted by Crippen LogP contribution is -2.13. The Balaban J connectivity index is 1.90. The third-order valence-electron chi connectivity index (χ3n) is 2.26. The molecule has 0 amide bonds. The Hall–Kier alpha value is -2.08. The van der Waals surface area contributed by atoms with Gasteiger partial charge >= 0.3 is 0 Å². The van der Waals surface area contributed by atoms with Gasteiger partial charge in [-0.15, -0.1) is 0 Å². The molecular formula is C11H13N3O3. The molecule has 6 heteroatoms. The van der Waals surface area contributed by atoms with Crippen molar-refractivity contribution in [3.8, 4) is 11.5 Å². The maximum Gasteiger partial charge on any atom is 0.213 e. The van der Waals surface area contributed by atoms with Crippen molar-refractivity contribution in [2.45, 2.75) is 13.1 Å². The summed E-state index contributed by atoms with van der Waals surface area (Å²) in [5, 5.41) is 16.3. The van der Waals surface area contributed by atoms with Gasteiger partial charge in [0.25, 0.3) is 0 Å². The minimum atomic E-state index is 0.134. The van der Waals surface area contributed by atoms with E-state index in [0.717, 1.165) is 5.56 Å². The molecule has 0 fully saturated rings. The molecule has 17 heavy (non-hydrogen) atoms. The number of methoxy groups -OCH3 is 1. The molecule has 6 nitrogen and oxygen atoms in total. The number of aromatic nitrogens is 2. The Labute approximate surface area is 98.2 Å². The molecule has 0 aliphatic rings. The average Bonchev–Trinajstić information content (AvgIpc) is 2.84. The second-order valence-electron chi connectivity index (χ2n) is 3.46. The lowest BCUT2D eigenvalue weighted by atomic mass is 10.2. The molecule has 0 bridgehead atoms. The molecule has 0 spiro atoms. The van der Waals surface area contributed by atoms with Crippen LogP contribution >= 0.6 is 0 Å². The minimum absolute atomic E-state index is 0.134. The van der Waals surface area contributed by atoms with E-state index >= 15 is 0 Å². The maximum absolute atomic E-state index is 9.43. The quantitative estimate of drug-likeness (QED) is 0.807. The highest BCUT2D eigenvalue weighted by atomic mass is 16.5. The van der Waals surface area contributed by atoms with Crippen LogP contribution in [0.4, 0.5) is 0 Å². The molecule has 0 aliphatic carbocycles. The highest BCUT2D eigenvalue weighted by Crippen LogP contribution is 2.26. The predicted octanol–water partition coefficient (Wildman–Crippen LogP) is 1.07. The molecule has 0 unspecified atom stereocenters. The van der Waals surface area contributed by atoms with Crippen LogP contribution in [0.3, 0.4) is 0 Å². The van der Waals surface area contributed by atoms with Gasteiger partial charge in [-0.1, -0.05) is 11.2 Å². The van der Waals surface area contributed by atoms with Gasteiger partial charge in [-0.3, -0.25) is 0 Å². The van der Waals surface area contributed by atoms with E-state index in [-0.39, 0.29) is 5.75 Å². The fraction of sp³-hybridized carbons (Fsp3) is 0.273. The van der Waals surface area contributed by atoms with Crippen LogP contribution in [0, 0.1) is 0 Å². The summed E-state index contributed by atoms with van der Waals surface area (Å²) < 4.78 is 9.64. The van der Waals surface area contributed by atoms with E-state index in [1.165, 1.54) is 13.5 Å². The zero-order chi connectivity index (χ0) is 12.1. The lowest BCUT2D eigenvalue weighted by molar-refractivity contribution is 0.372. The molecule has 1 aromatic carbocycles. The maximum atomic E-state index is 9.43. The van der Waals surface area contributed by atoms with Crippen molar-refractivity contribution in [3.05, 3.63) is 36.0 Å². The van der Waals surface area contributed by atoms with Crippen molar-refractivity contribution in [2.75, 3.05) is 7.11 Å². The van der Waals surface area contributed by atoms with Gasteiger partial charge in [-0.25, -0.2) is 0 Å². The number of ether oxygens (including phenoxy) is 1. The third kappa shape index (κ3) is 2.94. The van der Waals surface area contributed by atoms with Crippen LogP contribution in [0.2, 0.25) is 0 Å². The van der Waals surface area contributed by atoms with Gasteiger partial charge in [0.2, 0.25) is 6.39 Å². The average molecular weight is 235 g/mol. The third-order valence-corrected chi connectivity index (χ3v) is 2.26. The van der Waals surface area contributed by atoms with Gasteiger partial charge in [-0.05, 0) is 17.7 Å². The van der Waals surface area contributed by atoms with Crippen molar-refractivity contribution in [1.29, 1.82) is 0 Å². The molecule has 2 aromatic rings. The second-order valence-corrected chi connectivity index (χ2v) is 3.46. The van der Waals surface area contributed by atoms with Crippen molar-refractivity contribution in [1.82, 2.24) is 15.5 Å². The van der Waals surface area contributed by atoms with Gasteiger partial charge in [0.15, 0.2) is 17.3 Å². The van der Waals surface area contributed by atoms with E-state index in [1.807, 2.05) is 6.07 Å². The van der Waals surface area contributed by atoms with Crippen LogP contribution in [0.25, 0.3) is 0 Å². The lowest BCUT2D eigenvalue weighted by Gasteiger charge is -2.06. The molecule has 0 saturated carbocycles. The zero-order valence-electron chi connectivity index (χ0n) is 9.38. The van der Waals surface area contributed by atoms with Gasteiger partial charge in [0.05, 0.1) is 13.7 Å². The molecule has 2 N–H and O–H groups in total. The van der Waals surface area contributed by atoms with Crippen LogP contribution in [0.15, 0.2) is 29.1 Å². The summed E-state index contributed by atoms with van der Waals surface area (Å²) >= 11 is 0. The normalized spacial score (nSPS) is 10.4. The van der Waals surface area contributed by atoms with Crippen LogP contribution in [0.1, 0.15) is 11.4 Å². The molecule has 0 radical (unpaired) electrons. The molecule has 1 heterocycles. The monoisotopic (exact) mass is 235 g/mol. The standard InChI is InChI=1S/C11H13N3O3/c1-16-10-4-8(2-3-9(10)15)5-12-6-11-13-7-17-14-11/h2-4,7,12,15H,5-6H2,1H3. The summed E-state index contributed by atoms with van der Waals surface area (Å²) in [4.78, 5) is 3.89. The first kappa shape index (κ1) is 11.4. The molecule has 0 atom stereocenters. The first-order valence-electron chi connectivity index (χ1n) is 5.11. The highest BCUT2D eigenvalue weighted by Gasteiger charge is 2.03. The van der Waals surface area contributed by atoms with Crippen LogP contribution in [-0.2, 0) is 13.1 Å². The fourth-order valence-electron chi connectivity index (χ4n) is 1.42. The van der Waals surface area contributed by atoms with Gasteiger partial charge in [0, 0.05) is 6.54 Å². The van der Waals surface area contributed by atoms with Crippen LogP contribution in [0.5, 0.6) is 11.5 Å². The van der Waals surface area contributed by atoms with Crippen molar-refractivity contribution >= 4 is 0 Å². The van der Waals surface area contributed by atoms with E-state index in [1.54, 1.807) is 12.1 Å². The van der Waals surface area contributed by atoms with E-state index in [4.69, 9.17) is 4.74 Å². The molecule has 0 aliphatic heterocycles. The van der Waals surface area contributed by atoms with E-state index in [0.29, 0.717) is 24.7 Å². The number of nitrogens with zero attached hydrogens (tertiary/aromatic N) is 2. The first-order valence-corrected chi connectivity index (χ1v) is 5.11. The Morgan fingerprint density at radius 2 is 2.29 bits per heavy atom. The van der Waals surface area contributed by atoms with Gasteiger partial charge in [0.1, 0.15) is 0 Å².